The molecule has 4 N–H and O–H groups in total. The van der Waals surface area contributed by atoms with Gasteiger partial charge in [0.15, 0.2) is 6.29 Å². The first-order valence-corrected chi connectivity index (χ1v) is 7.42. The van der Waals surface area contributed by atoms with E-state index in [4.69, 9.17) is 10.5 Å². The lowest BCUT2D eigenvalue weighted by Gasteiger charge is -2.31. The van der Waals surface area contributed by atoms with E-state index < -0.39 is 6.29 Å². The van der Waals surface area contributed by atoms with E-state index in [0.29, 0.717) is 12.6 Å². The number of aliphatic hydroxyl groups excluding tert-OH is 1. The number of hydrogen-bond donors (Lipinski definition) is 3. The Labute approximate surface area is 115 Å². The lowest BCUT2D eigenvalue weighted by molar-refractivity contribution is -0.0651. The summed E-state index contributed by atoms with van der Waals surface area (Å²) in [5.74, 6) is 0. The fourth-order valence-corrected chi connectivity index (χ4v) is 2.85. The summed E-state index contributed by atoms with van der Waals surface area (Å²) >= 11 is 0. The van der Waals surface area contributed by atoms with Gasteiger partial charge < -0.3 is 20.9 Å². The zero-order valence-corrected chi connectivity index (χ0v) is 11.7. The molecule has 0 radical (unpaired) electrons. The van der Waals surface area contributed by atoms with Gasteiger partial charge in [-0.15, -0.1) is 0 Å². The van der Waals surface area contributed by atoms with Gasteiger partial charge in [-0.1, -0.05) is 37.5 Å². The van der Waals surface area contributed by atoms with E-state index in [1.807, 2.05) is 19.1 Å². The number of ether oxygens (including phenoxy) is 1. The van der Waals surface area contributed by atoms with Crippen molar-refractivity contribution >= 4 is 0 Å². The topological polar surface area (TPSA) is 67.5 Å². The van der Waals surface area contributed by atoms with Crippen molar-refractivity contribution in [3.63, 3.8) is 0 Å². The van der Waals surface area contributed by atoms with Gasteiger partial charge in [-0.3, -0.25) is 0 Å². The molecule has 0 bridgehead atoms. The average Bonchev–Trinajstić information content (AvgIpc) is 2.42. The van der Waals surface area contributed by atoms with Crippen LogP contribution < -0.4 is 11.1 Å². The third-order valence-corrected chi connectivity index (χ3v) is 3.94. The standard InChI is InChI=1S/C15H26N2O2/c1-2-19-15(18)11-8-9-14(13(16)10-11)17-12-6-4-3-5-7-12/h8-10,12-15,17-18H,2-7,16H2,1H3. The first-order valence-electron chi connectivity index (χ1n) is 7.42. The molecule has 0 saturated heterocycles. The van der Waals surface area contributed by atoms with Gasteiger partial charge >= 0.3 is 0 Å². The number of aliphatic hydroxyl groups is 1. The molecule has 0 amide bonds. The molecular weight excluding hydrogens is 240 g/mol. The number of nitrogens with one attached hydrogen (secondary N) is 1. The highest BCUT2D eigenvalue weighted by Crippen LogP contribution is 2.20. The first kappa shape index (κ1) is 14.7. The Morgan fingerprint density at radius 1 is 1.42 bits per heavy atom. The molecule has 0 spiro atoms. The normalized spacial score (nSPS) is 30.2. The first-order chi connectivity index (χ1) is 9.20. The van der Waals surface area contributed by atoms with Crippen molar-refractivity contribution in [1.29, 1.82) is 0 Å². The summed E-state index contributed by atoms with van der Waals surface area (Å²) in [7, 11) is 0. The Hall–Kier alpha value is -0.680. The molecule has 0 aromatic carbocycles. The van der Waals surface area contributed by atoms with Gasteiger partial charge in [-0.05, 0) is 19.8 Å². The molecule has 2 aliphatic carbocycles. The predicted molar refractivity (Wildman–Crippen MR) is 76.6 cm³/mol. The van der Waals surface area contributed by atoms with Crippen LogP contribution in [-0.2, 0) is 4.74 Å². The zero-order valence-electron chi connectivity index (χ0n) is 11.7. The summed E-state index contributed by atoms with van der Waals surface area (Å²) in [6.45, 7) is 2.36. The fourth-order valence-electron chi connectivity index (χ4n) is 2.85. The molecular formula is C15H26N2O2. The van der Waals surface area contributed by atoms with Crippen molar-refractivity contribution in [2.24, 2.45) is 5.73 Å². The molecule has 19 heavy (non-hydrogen) atoms. The molecule has 2 aliphatic rings. The van der Waals surface area contributed by atoms with Gasteiger partial charge in [0, 0.05) is 30.3 Å². The highest BCUT2D eigenvalue weighted by molar-refractivity contribution is 5.31. The van der Waals surface area contributed by atoms with Crippen LogP contribution in [0.3, 0.4) is 0 Å². The lowest BCUT2D eigenvalue weighted by atomic mass is 9.92. The summed E-state index contributed by atoms with van der Waals surface area (Å²) in [5, 5.41) is 13.4. The maximum atomic E-state index is 9.78. The second-order valence-corrected chi connectivity index (χ2v) is 5.44. The Kier molecular flexibility index (Phi) is 5.58. The van der Waals surface area contributed by atoms with Gasteiger partial charge in [-0.2, -0.15) is 0 Å². The minimum atomic E-state index is -0.858. The summed E-state index contributed by atoms with van der Waals surface area (Å²) in [6.07, 6.45) is 11.5. The third kappa shape index (κ3) is 4.14. The Bertz CT molecular complexity index is 335. The van der Waals surface area contributed by atoms with Crippen molar-refractivity contribution in [1.82, 2.24) is 5.32 Å². The van der Waals surface area contributed by atoms with Crippen LogP contribution in [0.5, 0.6) is 0 Å². The summed E-state index contributed by atoms with van der Waals surface area (Å²) in [5.41, 5.74) is 6.92. The minimum Gasteiger partial charge on any atom is -0.364 e. The molecule has 1 saturated carbocycles. The van der Waals surface area contributed by atoms with Crippen molar-refractivity contribution < 1.29 is 9.84 Å². The third-order valence-electron chi connectivity index (χ3n) is 3.94. The van der Waals surface area contributed by atoms with E-state index in [-0.39, 0.29) is 12.1 Å². The number of nitrogens with two attached hydrogens (primary N) is 1. The zero-order chi connectivity index (χ0) is 13.7. The van der Waals surface area contributed by atoms with E-state index >= 15 is 0 Å². The van der Waals surface area contributed by atoms with Crippen LogP contribution >= 0.6 is 0 Å². The monoisotopic (exact) mass is 266 g/mol. The van der Waals surface area contributed by atoms with E-state index in [2.05, 4.69) is 11.4 Å². The molecule has 4 nitrogen and oxygen atoms in total. The maximum absolute atomic E-state index is 9.78. The molecule has 3 unspecified atom stereocenters. The summed E-state index contributed by atoms with van der Waals surface area (Å²) in [6, 6.07) is 0.652. The van der Waals surface area contributed by atoms with Crippen LogP contribution in [-0.4, -0.2) is 36.1 Å². The van der Waals surface area contributed by atoms with Crippen LogP contribution in [0.2, 0.25) is 0 Å². The molecule has 1 fully saturated rings. The van der Waals surface area contributed by atoms with Gasteiger partial charge in [0.25, 0.3) is 0 Å². The SMILES string of the molecule is CCOC(O)C1=CC(N)C(NC2CCCCC2)C=C1. The van der Waals surface area contributed by atoms with Crippen LogP contribution in [0.25, 0.3) is 0 Å². The summed E-state index contributed by atoms with van der Waals surface area (Å²) in [4.78, 5) is 0. The predicted octanol–water partition coefficient (Wildman–Crippen LogP) is 1.46. The van der Waals surface area contributed by atoms with E-state index in [1.165, 1.54) is 32.1 Å². The summed E-state index contributed by atoms with van der Waals surface area (Å²) < 4.78 is 5.17. The maximum Gasteiger partial charge on any atom is 0.180 e. The molecule has 108 valence electrons. The minimum absolute atomic E-state index is 0.1000. The lowest BCUT2D eigenvalue weighted by Crippen LogP contribution is -2.49. The van der Waals surface area contributed by atoms with Crippen molar-refractivity contribution in [3.8, 4) is 0 Å². The molecule has 0 aromatic heterocycles. The number of hydrogen-bond acceptors (Lipinski definition) is 4. The van der Waals surface area contributed by atoms with Crippen LogP contribution in [0.4, 0.5) is 0 Å². The quantitative estimate of drug-likeness (QED) is 0.659. The van der Waals surface area contributed by atoms with Gasteiger partial charge in [0.1, 0.15) is 0 Å². The van der Waals surface area contributed by atoms with Crippen LogP contribution in [0, 0.1) is 0 Å². The fraction of sp³-hybridized carbons (Fsp3) is 0.733. The van der Waals surface area contributed by atoms with Crippen molar-refractivity contribution in [2.45, 2.75) is 63.4 Å². The Balaban J connectivity index is 1.87. The largest absolute Gasteiger partial charge is 0.364 e. The highest BCUT2D eigenvalue weighted by atomic mass is 16.6. The molecule has 2 rings (SSSR count). The van der Waals surface area contributed by atoms with E-state index in [1.54, 1.807) is 0 Å². The van der Waals surface area contributed by atoms with E-state index in [9.17, 15) is 5.11 Å². The highest BCUT2D eigenvalue weighted by Gasteiger charge is 2.23. The molecule has 0 heterocycles. The molecule has 4 heteroatoms. The van der Waals surface area contributed by atoms with Gasteiger partial charge in [-0.25, -0.2) is 0 Å². The second kappa shape index (κ2) is 7.20. The Morgan fingerprint density at radius 3 is 2.79 bits per heavy atom. The van der Waals surface area contributed by atoms with Crippen LogP contribution in [0.1, 0.15) is 39.0 Å². The average molecular weight is 266 g/mol. The Morgan fingerprint density at radius 2 is 2.16 bits per heavy atom. The van der Waals surface area contributed by atoms with Gasteiger partial charge in [0.05, 0.1) is 0 Å². The number of rotatable bonds is 5. The van der Waals surface area contributed by atoms with Crippen molar-refractivity contribution in [2.75, 3.05) is 6.61 Å². The second-order valence-electron chi connectivity index (χ2n) is 5.44. The van der Waals surface area contributed by atoms with Crippen LogP contribution in [0.15, 0.2) is 23.8 Å². The molecule has 3 atom stereocenters. The molecule has 0 aromatic rings. The van der Waals surface area contributed by atoms with Crippen molar-refractivity contribution in [3.05, 3.63) is 23.8 Å². The smallest absolute Gasteiger partial charge is 0.180 e. The van der Waals surface area contributed by atoms with E-state index in [0.717, 1.165) is 5.57 Å². The van der Waals surface area contributed by atoms with Gasteiger partial charge in [0.2, 0.25) is 0 Å². The molecule has 0 aliphatic heterocycles.